The van der Waals surface area contributed by atoms with Gasteiger partial charge in [-0.05, 0) is 172 Å². The Morgan fingerprint density at radius 1 is 0.655 bits per heavy atom. The zero-order valence-electron chi connectivity index (χ0n) is 30.9. The monoisotopic (exact) mass is 755 g/mol. The van der Waals surface area contributed by atoms with Crippen LogP contribution in [0.3, 0.4) is 0 Å². The average Bonchev–Trinajstić information content (AvgIpc) is 4.08. The summed E-state index contributed by atoms with van der Waals surface area (Å²) >= 11 is 0. The molecule has 1 heterocycles. The number of alkyl halides is 3. The molecule has 274 valence electrons. The van der Waals surface area contributed by atoms with Crippen molar-refractivity contribution in [2.75, 3.05) is 13.2 Å². The molecule has 1 aliphatic heterocycles. The number of likely N-dealkylation sites (tertiary alicyclic amines) is 1. The Kier molecular flexibility index (Phi) is 4.01. The van der Waals surface area contributed by atoms with E-state index in [1.165, 1.54) is 108 Å². The predicted octanol–water partition coefficient (Wildman–Crippen LogP) is 10.6. The molecular weight excluding hydrogens is 728 g/mol. The van der Waals surface area contributed by atoms with Gasteiger partial charge >= 0.3 is 12.3 Å². The number of ether oxygens (including phenoxy) is 1. The summed E-state index contributed by atoms with van der Waals surface area (Å²) in [4.78, 5) is 13.6. The summed E-state index contributed by atoms with van der Waals surface area (Å²) in [5, 5.41) is 24.8. The van der Waals surface area contributed by atoms with Gasteiger partial charge in [0.1, 0.15) is 0 Å². The molecule has 3 nitrogen and oxygen atoms in total. The number of hydrogen-bond donors (Lipinski definition) is 0. The minimum atomic E-state index is -4.55. The summed E-state index contributed by atoms with van der Waals surface area (Å²) in [6, 6.07) is 15.3. The minimum Gasteiger partial charge on any atom is -0.462 e. The van der Waals surface area contributed by atoms with Crippen LogP contribution in [0.2, 0.25) is 0 Å². The Morgan fingerprint density at radius 2 is 1.34 bits per heavy atom. The van der Waals surface area contributed by atoms with Gasteiger partial charge in [-0.25, -0.2) is 9.69 Å². The zero-order valence-corrected chi connectivity index (χ0v) is 30.9. The molecule has 8 aliphatic rings. The van der Waals surface area contributed by atoms with Gasteiger partial charge in [0.25, 0.3) is 0 Å². The van der Waals surface area contributed by atoms with Crippen LogP contribution in [0, 0.1) is 29.6 Å². The Morgan fingerprint density at radius 3 is 2.14 bits per heavy atom. The van der Waals surface area contributed by atoms with Crippen molar-refractivity contribution >= 4 is 109 Å². The summed E-state index contributed by atoms with van der Waals surface area (Å²) in [5.41, 5.74) is 9.47. The summed E-state index contributed by atoms with van der Waals surface area (Å²) in [5.74, 6) is 0.476. The second-order valence-electron chi connectivity index (χ2n) is 19.1. The molecule has 6 heteroatoms. The molecule has 2 fully saturated rings. The van der Waals surface area contributed by atoms with Crippen molar-refractivity contribution in [1.82, 2.24) is 4.90 Å². The molecule has 0 aromatic heterocycles. The molecule has 10 aromatic carbocycles. The van der Waals surface area contributed by atoms with Crippen LogP contribution >= 0.6 is 0 Å². The first kappa shape index (κ1) is 28.6. The van der Waals surface area contributed by atoms with Gasteiger partial charge in [-0.1, -0.05) is 60.7 Å². The lowest BCUT2D eigenvalue weighted by molar-refractivity contribution is -0.252. The lowest BCUT2D eigenvalue weighted by atomic mass is 9.63. The van der Waals surface area contributed by atoms with Gasteiger partial charge in [-0.3, -0.25) is 0 Å². The second kappa shape index (κ2) is 8.13. The fourth-order valence-corrected chi connectivity index (χ4v) is 16.7. The number of esters is 1. The van der Waals surface area contributed by atoms with E-state index in [1.54, 1.807) is 42.3 Å². The van der Waals surface area contributed by atoms with Gasteiger partial charge in [0.15, 0.2) is 0 Å². The molecule has 7 aliphatic carbocycles. The molecule has 58 heavy (non-hydrogen) atoms. The van der Waals surface area contributed by atoms with Gasteiger partial charge in [0.2, 0.25) is 0 Å². The molecule has 0 spiro atoms. The topological polar surface area (TPSA) is 29.5 Å². The van der Waals surface area contributed by atoms with E-state index in [1.807, 2.05) is 0 Å². The first-order valence-electron chi connectivity index (χ1n) is 21.2. The van der Waals surface area contributed by atoms with E-state index < -0.39 is 18.3 Å². The number of allylic oxidation sites excluding steroid dienone is 3. The van der Waals surface area contributed by atoms with Crippen LogP contribution < -0.4 is 10.4 Å². The molecule has 18 rings (SSSR count). The smallest absolute Gasteiger partial charge is 0.460 e. The summed E-state index contributed by atoms with van der Waals surface area (Å²) < 4.78 is 52.7. The predicted molar refractivity (Wildman–Crippen MR) is 221 cm³/mol. The van der Waals surface area contributed by atoms with Gasteiger partial charge in [-0.15, -0.1) is 0 Å². The maximum atomic E-state index is 15.8. The molecule has 10 aromatic rings. The maximum Gasteiger partial charge on any atom is 0.460 e. The number of fused-ring (bicyclic) bond motifs is 8. The quantitative estimate of drug-likeness (QED) is 0.0778. The Labute approximate surface area is 326 Å². The van der Waals surface area contributed by atoms with E-state index in [9.17, 15) is 4.79 Å². The van der Waals surface area contributed by atoms with Crippen molar-refractivity contribution in [1.29, 1.82) is 0 Å². The lowest BCUT2D eigenvalue weighted by Crippen LogP contribution is -2.39. The van der Waals surface area contributed by atoms with Crippen molar-refractivity contribution in [3.63, 3.8) is 0 Å². The summed E-state index contributed by atoms with van der Waals surface area (Å²) in [6.07, 6.45) is 5.45. The van der Waals surface area contributed by atoms with Crippen LogP contribution in [0.25, 0.3) is 103 Å². The highest BCUT2D eigenvalue weighted by Gasteiger charge is 2.64. The maximum absolute atomic E-state index is 15.8. The molecule has 1 saturated carbocycles. The number of rotatable bonds is 3. The highest BCUT2D eigenvalue weighted by Crippen LogP contribution is 2.73. The van der Waals surface area contributed by atoms with Crippen LogP contribution in [0.5, 0.6) is 0 Å². The van der Waals surface area contributed by atoms with Gasteiger partial charge in [0, 0.05) is 36.1 Å². The minimum absolute atomic E-state index is 0.0394. The van der Waals surface area contributed by atoms with Crippen molar-refractivity contribution in [2.24, 2.45) is 29.6 Å². The van der Waals surface area contributed by atoms with Gasteiger partial charge < -0.3 is 4.74 Å². The zero-order chi connectivity index (χ0) is 37.5. The first-order chi connectivity index (χ1) is 28.4. The third-order valence-corrected chi connectivity index (χ3v) is 17.8. The average molecular weight is 756 g/mol. The number of carbonyl (C=O) groups is 1. The van der Waals surface area contributed by atoms with E-state index >= 15 is 13.2 Å². The van der Waals surface area contributed by atoms with E-state index in [2.05, 4.69) is 48.6 Å². The largest absolute Gasteiger partial charge is 0.462 e. The fourth-order valence-electron chi connectivity index (χ4n) is 16.7. The van der Waals surface area contributed by atoms with E-state index in [4.69, 9.17) is 4.74 Å². The Hall–Kier alpha value is -5.72. The molecule has 0 N–H and O–H groups in total. The van der Waals surface area contributed by atoms with Crippen LogP contribution in [0.15, 0.2) is 66.8 Å². The first-order valence-corrected chi connectivity index (χ1v) is 21.2. The Balaban J connectivity index is 1.09. The van der Waals surface area contributed by atoms with Crippen LogP contribution in [-0.2, 0) is 4.74 Å². The normalized spacial score (nSPS) is 30.7. The highest BCUT2D eigenvalue weighted by atomic mass is 19.4. The highest BCUT2D eigenvalue weighted by molar-refractivity contribution is 6.57. The molecule has 9 unspecified atom stereocenters. The molecule has 0 amide bonds. The Bertz CT molecular complexity index is 3910. The van der Waals surface area contributed by atoms with Crippen molar-refractivity contribution in [3.8, 4) is 0 Å². The molecule has 1 saturated heterocycles. The van der Waals surface area contributed by atoms with Gasteiger partial charge in [0.05, 0.1) is 18.2 Å². The third kappa shape index (κ3) is 2.41. The summed E-state index contributed by atoms with van der Waals surface area (Å²) in [6.45, 7) is 1.90. The molecule has 0 radical (unpaired) electrons. The third-order valence-electron chi connectivity index (χ3n) is 17.8. The lowest BCUT2D eigenvalue weighted by Gasteiger charge is -2.40. The van der Waals surface area contributed by atoms with Crippen LogP contribution in [-0.4, -0.2) is 30.3 Å². The fraction of sp³-hybridized carbons (Fsp3) is 0.250. The second-order valence-corrected chi connectivity index (χ2v) is 19.1. The van der Waals surface area contributed by atoms with Crippen molar-refractivity contribution in [3.05, 3.63) is 111 Å². The number of halogens is 3. The van der Waals surface area contributed by atoms with E-state index in [0.29, 0.717) is 34.8 Å². The molecule has 9 atom stereocenters. The van der Waals surface area contributed by atoms with Crippen molar-refractivity contribution in [2.45, 2.75) is 37.0 Å². The SMILES string of the molecule is CCOC(=O)c1ccc(C2C3C4=c5c6c7c8c9c%10c%11c(c%12ccc%13c%14ccc%15c(c5c5c%15c%14c(c%13c%12%10)c9c75)C3CN2C(F)(F)F)C=CC2C%11C=8C3C2C=CC4C63)cc1. The van der Waals surface area contributed by atoms with Crippen LogP contribution in [0.1, 0.15) is 68.9 Å². The van der Waals surface area contributed by atoms with E-state index in [-0.39, 0.29) is 36.8 Å². The van der Waals surface area contributed by atoms with Crippen LogP contribution in [0.4, 0.5) is 13.2 Å². The van der Waals surface area contributed by atoms with E-state index in [0.717, 1.165) is 15.8 Å². The number of benzene rings is 6. The van der Waals surface area contributed by atoms with Gasteiger partial charge in [-0.2, -0.15) is 13.2 Å². The number of carbonyl (C=O) groups excluding carboxylic acids is 1. The summed E-state index contributed by atoms with van der Waals surface area (Å²) in [7, 11) is 0. The number of nitrogens with zero attached hydrogens (tertiary/aromatic N) is 1. The standard InChI is InChI=1S/C52H28F3NO2/c1-2-58-51(57)17-5-3-16(4-6-17)50-37-26(15-56(50)52(53,54)55)27-24-13-11-22-20-9-7-18-19-8-10-21-23-12-14-25-35-33(23)41-31(21)29(19)39-28(18)30(20)40-32(22)34(24)42-38(27)44(36(25)37)43(35)49-47(41)45(39)46(40)48(42)49/h3-14,21,23,25-26,31,33,35,37,50H,2,15H2,1H3. The molecule has 0 bridgehead atoms. The van der Waals surface area contributed by atoms with Crippen molar-refractivity contribution < 1.29 is 22.7 Å². The molecular formula is C52H28F3NO2. The number of hydrogen-bond acceptors (Lipinski definition) is 3.